The van der Waals surface area contributed by atoms with Gasteiger partial charge in [-0.25, -0.2) is 0 Å². The van der Waals surface area contributed by atoms with Gasteiger partial charge in [0.25, 0.3) is 0 Å². The highest BCUT2D eigenvalue weighted by atomic mass is 15.3. The van der Waals surface area contributed by atoms with Gasteiger partial charge in [-0.3, -0.25) is 4.68 Å². The summed E-state index contributed by atoms with van der Waals surface area (Å²) >= 11 is 0. The van der Waals surface area contributed by atoms with E-state index in [1.807, 2.05) is 0 Å². The lowest BCUT2D eigenvalue weighted by Gasteiger charge is -2.06. The van der Waals surface area contributed by atoms with Crippen molar-refractivity contribution in [3.63, 3.8) is 0 Å². The summed E-state index contributed by atoms with van der Waals surface area (Å²) in [4.78, 5) is 0. The van der Waals surface area contributed by atoms with Crippen LogP contribution in [0.25, 0.3) is 0 Å². The zero-order valence-corrected chi connectivity index (χ0v) is 11.2. The molecule has 1 aromatic heterocycles. The molecule has 1 aliphatic carbocycles. The minimum atomic E-state index is 0.964. The molecule has 3 nitrogen and oxygen atoms in total. The van der Waals surface area contributed by atoms with Crippen molar-refractivity contribution >= 4 is 0 Å². The summed E-state index contributed by atoms with van der Waals surface area (Å²) in [5.41, 5.74) is 2.54. The molecular weight excluding hydrogens is 210 g/mol. The van der Waals surface area contributed by atoms with Crippen LogP contribution >= 0.6 is 0 Å². The largest absolute Gasteiger partial charge is 0.311 e. The number of nitrogens with one attached hydrogen (secondary N) is 1. The van der Waals surface area contributed by atoms with E-state index in [0.717, 1.165) is 32.0 Å². The lowest BCUT2D eigenvalue weighted by molar-refractivity contribution is 0.553. The average Bonchev–Trinajstić information content (AvgIpc) is 3.08. The van der Waals surface area contributed by atoms with Crippen molar-refractivity contribution in [1.82, 2.24) is 15.1 Å². The van der Waals surface area contributed by atoms with Crippen LogP contribution in [-0.2, 0) is 19.5 Å². The van der Waals surface area contributed by atoms with Crippen LogP contribution in [0.4, 0.5) is 0 Å². The van der Waals surface area contributed by atoms with E-state index in [1.54, 1.807) is 0 Å². The van der Waals surface area contributed by atoms with Gasteiger partial charge < -0.3 is 5.32 Å². The molecule has 0 aromatic carbocycles. The summed E-state index contributed by atoms with van der Waals surface area (Å²) in [7, 11) is 0. The number of hydrogen-bond acceptors (Lipinski definition) is 2. The first-order chi connectivity index (χ1) is 8.33. The van der Waals surface area contributed by atoms with Crippen molar-refractivity contribution < 1.29 is 0 Å². The Bertz CT molecular complexity index is 339. The fraction of sp³-hybridized carbons (Fsp3) is 0.786. The number of nitrogens with zero attached hydrogens (tertiary/aromatic N) is 2. The smallest absolute Gasteiger partial charge is 0.0625 e. The quantitative estimate of drug-likeness (QED) is 0.702. The third-order valence-electron chi connectivity index (χ3n) is 3.54. The standard InChI is InChI=1S/C14H25N3/c1-3-13-10-14(17(4-2)16-13)11-15-9-5-6-12-7-8-12/h10,12,15H,3-9,11H2,1-2H3. The van der Waals surface area contributed by atoms with E-state index in [0.29, 0.717) is 0 Å². The lowest BCUT2D eigenvalue weighted by atomic mass is 10.2. The molecule has 1 heterocycles. The van der Waals surface area contributed by atoms with Crippen LogP contribution in [0.2, 0.25) is 0 Å². The minimum absolute atomic E-state index is 0.964. The van der Waals surface area contributed by atoms with Crippen molar-refractivity contribution in [3.05, 3.63) is 17.5 Å². The molecule has 1 aliphatic rings. The maximum absolute atomic E-state index is 4.56. The first kappa shape index (κ1) is 12.6. The molecular formula is C14H25N3. The average molecular weight is 235 g/mol. The highest BCUT2D eigenvalue weighted by Gasteiger charge is 2.19. The van der Waals surface area contributed by atoms with Gasteiger partial charge in [0, 0.05) is 13.1 Å². The molecule has 0 unspecified atom stereocenters. The molecule has 0 spiro atoms. The molecule has 1 saturated carbocycles. The molecule has 0 aliphatic heterocycles. The van der Waals surface area contributed by atoms with Crippen molar-refractivity contribution in [2.75, 3.05) is 6.54 Å². The second kappa shape index (κ2) is 6.20. The third-order valence-corrected chi connectivity index (χ3v) is 3.54. The van der Waals surface area contributed by atoms with Gasteiger partial charge >= 0.3 is 0 Å². The van der Waals surface area contributed by atoms with Crippen molar-refractivity contribution in [1.29, 1.82) is 0 Å². The van der Waals surface area contributed by atoms with Gasteiger partial charge in [0.15, 0.2) is 0 Å². The van der Waals surface area contributed by atoms with Crippen LogP contribution in [0.1, 0.15) is 50.9 Å². The Hall–Kier alpha value is -0.830. The van der Waals surface area contributed by atoms with Gasteiger partial charge in [0.2, 0.25) is 0 Å². The Morgan fingerprint density at radius 3 is 2.88 bits per heavy atom. The predicted molar refractivity (Wildman–Crippen MR) is 70.9 cm³/mol. The Kier molecular flexibility index (Phi) is 4.60. The van der Waals surface area contributed by atoms with Crippen LogP contribution in [0.5, 0.6) is 0 Å². The monoisotopic (exact) mass is 235 g/mol. The highest BCUT2D eigenvalue weighted by molar-refractivity contribution is 5.10. The predicted octanol–water partition coefficient (Wildman–Crippen LogP) is 2.75. The van der Waals surface area contributed by atoms with E-state index < -0.39 is 0 Å². The third kappa shape index (κ3) is 3.84. The number of hydrogen-bond donors (Lipinski definition) is 1. The lowest BCUT2D eigenvalue weighted by Crippen LogP contribution is -2.17. The van der Waals surface area contributed by atoms with Crippen molar-refractivity contribution in [2.24, 2.45) is 5.92 Å². The number of aryl methyl sites for hydroxylation is 2. The van der Waals surface area contributed by atoms with E-state index in [4.69, 9.17) is 0 Å². The van der Waals surface area contributed by atoms with Crippen molar-refractivity contribution in [3.8, 4) is 0 Å². The molecule has 1 aromatic rings. The van der Waals surface area contributed by atoms with Crippen LogP contribution in [0.15, 0.2) is 6.07 Å². The Balaban J connectivity index is 1.70. The topological polar surface area (TPSA) is 29.9 Å². The van der Waals surface area contributed by atoms with Crippen LogP contribution in [0.3, 0.4) is 0 Å². The minimum Gasteiger partial charge on any atom is -0.311 e. The first-order valence-electron chi connectivity index (χ1n) is 7.09. The molecule has 0 radical (unpaired) electrons. The number of rotatable bonds is 8. The van der Waals surface area contributed by atoms with Crippen molar-refractivity contribution in [2.45, 2.75) is 59.0 Å². The molecule has 1 fully saturated rings. The van der Waals surface area contributed by atoms with E-state index in [2.05, 4.69) is 35.0 Å². The maximum atomic E-state index is 4.56. The molecule has 0 atom stereocenters. The molecule has 17 heavy (non-hydrogen) atoms. The van der Waals surface area contributed by atoms with E-state index in [1.165, 1.54) is 37.1 Å². The van der Waals surface area contributed by atoms with Gasteiger partial charge in [-0.2, -0.15) is 5.10 Å². The maximum Gasteiger partial charge on any atom is 0.0625 e. The second-order valence-corrected chi connectivity index (χ2v) is 5.06. The van der Waals surface area contributed by atoms with Gasteiger partial charge in [0.1, 0.15) is 0 Å². The summed E-state index contributed by atoms with van der Waals surface area (Å²) in [5, 5.41) is 8.10. The van der Waals surface area contributed by atoms with Gasteiger partial charge in [-0.05, 0) is 44.7 Å². The molecule has 0 amide bonds. The summed E-state index contributed by atoms with van der Waals surface area (Å²) in [6.45, 7) is 7.40. The Morgan fingerprint density at radius 1 is 1.41 bits per heavy atom. The fourth-order valence-electron chi connectivity index (χ4n) is 2.24. The summed E-state index contributed by atoms with van der Waals surface area (Å²) in [6, 6.07) is 2.23. The molecule has 2 rings (SSSR count). The van der Waals surface area contributed by atoms with E-state index >= 15 is 0 Å². The normalized spacial score (nSPS) is 15.4. The SMILES string of the molecule is CCc1cc(CNCCCC2CC2)n(CC)n1. The zero-order valence-electron chi connectivity index (χ0n) is 11.2. The van der Waals surface area contributed by atoms with E-state index in [9.17, 15) is 0 Å². The van der Waals surface area contributed by atoms with Gasteiger partial charge in [-0.15, -0.1) is 0 Å². The molecule has 1 N–H and O–H groups in total. The van der Waals surface area contributed by atoms with E-state index in [-0.39, 0.29) is 0 Å². The fourth-order valence-corrected chi connectivity index (χ4v) is 2.24. The molecule has 0 bridgehead atoms. The Labute approximate surface area is 105 Å². The summed E-state index contributed by atoms with van der Waals surface area (Å²) < 4.78 is 2.12. The highest BCUT2D eigenvalue weighted by Crippen LogP contribution is 2.33. The van der Waals surface area contributed by atoms with Gasteiger partial charge in [-0.1, -0.05) is 19.8 Å². The Morgan fingerprint density at radius 2 is 2.24 bits per heavy atom. The first-order valence-corrected chi connectivity index (χ1v) is 7.09. The molecule has 96 valence electrons. The van der Waals surface area contributed by atoms with Crippen LogP contribution < -0.4 is 5.32 Å². The molecule has 3 heteroatoms. The molecule has 0 saturated heterocycles. The summed E-state index contributed by atoms with van der Waals surface area (Å²) in [5.74, 6) is 1.06. The summed E-state index contributed by atoms with van der Waals surface area (Å²) in [6.07, 6.45) is 6.72. The zero-order chi connectivity index (χ0) is 12.1. The number of aromatic nitrogens is 2. The van der Waals surface area contributed by atoms with Gasteiger partial charge in [0.05, 0.1) is 11.4 Å². The van der Waals surface area contributed by atoms with Crippen LogP contribution in [0, 0.1) is 5.92 Å². The van der Waals surface area contributed by atoms with Crippen LogP contribution in [-0.4, -0.2) is 16.3 Å². The second-order valence-electron chi connectivity index (χ2n) is 5.06.